The standard InChI is InChI=1S/C21H37N5O.HI/c1-5-19(6-2)20(26-11-13-27-14-12-26)16-25-21(22-4)23-10-9-18-8-7-17(3)24-15-18;/h7-8,15,19-20H,5-6,9-14,16H2,1-4H3,(H2,22,23,25);1H. The third-order valence-electron chi connectivity index (χ3n) is 5.49. The van der Waals surface area contributed by atoms with Crippen LogP contribution in [0.25, 0.3) is 0 Å². The molecule has 0 radical (unpaired) electrons. The van der Waals surface area contributed by atoms with Gasteiger partial charge in [-0.3, -0.25) is 14.9 Å². The van der Waals surface area contributed by atoms with E-state index in [2.05, 4.69) is 51.5 Å². The SMILES string of the molecule is CCC(CC)C(CNC(=NC)NCCc1ccc(C)nc1)N1CCOCC1.I. The first-order valence-electron chi connectivity index (χ1n) is 10.4. The van der Waals surface area contributed by atoms with Gasteiger partial charge in [-0.05, 0) is 30.9 Å². The average molecular weight is 503 g/mol. The molecule has 1 aromatic rings. The lowest BCUT2D eigenvalue weighted by Gasteiger charge is -2.39. The van der Waals surface area contributed by atoms with Crippen molar-refractivity contribution in [2.75, 3.05) is 46.4 Å². The third kappa shape index (κ3) is 8.21. The van der Waals surface area contributed by atoms with Crippen molar-refractivity contribution in [1.29, 1.82) is 0 Å². The first-order valence-corrected chi connectivity index (χ1v) is 10.4. The molecule has 0 bridgehead atoms. The molecule has 0 spiro atoms. The molecule has 0 saturated carbocycles. The maximum Gasteiger partial charge on any atom is 0.191 e. The van der Waals surface area contributed by atoms with Gasteiger partial charge in [0.25, 0.3) is 0 Å². The molecule has 6 nitrogen and oxygen atoms in total. The molecule has 0 aromatic carbocycles. The van der Waals surface area contributed by atoms with Gasteiger partial charge in [0.05, 0.1) is 13.2 Å². The van der Waals surface area contributed by atoms with Crippen LogP contribution in [0.3, 0.4) is 0 Å². The number of guanidine groups is 1. The van der Waals surface area contributed by atoms with Gasteiger partial charge in [0.15, 0.2) is 5.96 Å². The van der Waals surface area contributed by atoms with Gasteiger partial charge >= 0.3 is 0 Å². The number of aliphatic imine (C=N–C) groups is 1. The lowest BCUT2D eigenvalue weighted by molar-refractivity contribution is 0.00272. The van der Waals surface area contributed by atoms with E-state index in [4.69, 9.17) is 4.74 Å². The van der Waals surface area contributed by atoms with Crippen molar-refractivity contribution in [3.8, 4) is 0 Å². The number of nitrogens with one attached hydrogen (secondary N) is 2. The molecule has 1 aromatic heterocycles. The number of ether oxygens (including phenoxy) is 1. The molecule has 1 atom stereocenters. The van der Waals surface area contributed by atoms with E-state index in [0.29, 0.717) is 12.0 Å². The highest BCUT2D eigenvalue weighted by molar-refractivity contribution is 14.0. The zero-order valence-corrected chi connectivity index (χ0v) is 20.2. The van der Waals surface area contributed by atoms with Crippen LogP contribution in [0.5, 0.6) is 0 Å². The summed E-state index contributed by atoms with van der Waals surface area (Å²) in [5.41, 5.74) is 2.30. The number of pyridine rings is 1. The number of rotatable bonds is 9. The summed E-state index contributed by atoms with van der Waals surface area (Å²) in [6.45, 7) is 12.1. The number of hydrogen-bond donors (Lipinski definition) is 2. The summed E-state index contributed by atoms with van der Waals surface area (Å²) >= 11 is 0. The second-order valence-electron chi connectivity index (χ2n) is 7.23. The molecule has 28 heavy (non-hydrogen) atoms. The van der Waals surface area contributed by atoms with Crippen molar-refractivity contribution >= 4 is 29.9 Å². The molecule has 7 heteroatoms. The average Bonchev–Trinajstić information content (AvgIpc) is 2.71. The Balaban J connectivity index is 0.00000392. The molecule has 1 unspecified atom stereocenters. The van der Waals surface area contributed by atoms with Crippen LogP contribution in [0.2, 0.25) is 0 Å². The van der Waals surface area contributed by atoms with E-state index in [9.17, 15) is 0 Å². The third-order valence-corrected chi connectivity index (χ3v) is 5.49. The van der Waals surface area contributed by atoms with Crippen molar-refractivity contribution < 1.29 is 4.74 Å². The predicted octanol–water partition coefficient (Wildman–Crippen LogP) is 2.85. The number of nitrogens with zero attached hydrogens (tertiary/aromatic N) is 3. The molecule has 1 fully saturated rings. The van der Waals surface area contributed by atoms with E-state index >= 15 is 0 Å². The topological polar surface area (TPSA) is 61.8 Å². The van der Waals surface area contributed by atoms with Gasteiger partial charge in [-0.25, -0.2) is 0 Å². The minimum Gasteiger partial charge on any atom is -0.379 e. The second kappa shape index (κ2) is 14.1. The van der Waals surface area contributed by atoms with Gasteiger partial charge in [0.2, 0.25) is 0 Å². The second-order valence-corrected chi connectivity index (χ2v) is 7.23. The van der Waals surface area contributed by atoms with Gasteiger partial charge in [0.1, 0.15) is 0 Å². The minimum atomic E-state index is 0. The Bertz CT molecular complexity index is 556. The fraction of sp³-hybridized carbons (Fsp3) is 0.714. The summed E-state index contributed by atoms with van der Waals surface area (Å²) in [6, 6.07) is 4.72. The van der Waals surface area contributed by atoms with Crippen molar-refractivity contribution in [3.05, 3.63) is 29.6 Å². The number of aryl methyl sites for hydroxylation is 1. The van der Waals surface area contributed by atoms with Crippen molar-refractivity contribution in [2.24, 2.45) is 10.9 Å². The molecule has 0 amide bonds. The lowest BCUT2D eigenvalue weighted by Crippen LogP contribution is -2.53. The van der Waals surface area contributed by atoms with Gasteiger partial charge in [0, 0.05) is 51.2 Å². The molecule has 1 saturated heterocycles. The van der Waals surface area contributed by atoms with Gasteiger partial charge < -0.3 is 15.4 Å². The zero-order chi connectivity index (χ0) is 19.5. The van der Waals surface area contributed by atoms with E-state index in [-0.39, 0.29) is 24.0 Å². The largest absolute Gasteiger partial charge is 0.379 e. The molecular weight excluding hydrogens is 465 g/mol. The fourth-order valence-corrected chi connectivity index (χ4v) is 3.73. The summed E-state index contributed by atoms with van der Waals surface area (Å²) in [4.78, 5) is 11.3. The molecule has 1 aliphatic heterocycles. The summed E-state index contributed by atoms with van der Waals surface area (Å²) in [7, 11) is 1.84. The van der Waals surface area contributed by atoms with E-state index in [1.54, 1.807) is 0 Å². The summed E-state index contributed by atoms with van der Waals surface area (Å²) < 4.78 is 5.54. The maximum atomic E-state index is 5.54. The highest BCUT2D eigenvalue weighted by Gasteiger charge is 2.26. The van der Waals surface area contributed by atoms with Crippen molar-refractivity contribution in [1.82, 2.24) is 20.5 Å². The van der Waals surface area contributed by atoms with Crippen LogP contribution in [-0.2, 0) is 11.2 Å². The Labute approximate surface area is 187 Å². The molecule has 2 rings (SSSR count). The van der Waals surface area contributed by atoms with Crippen LogP contribution in [0, 0.1) is 12.8 Å². The summed E-state index contributed by atoms with van der Waals surface area (Å²) in [5.74, 6) is 1.56. The van der Waals surface area contributed by atoms with E-state index in [1.165, 1.54) is 18.4 Å². The van der Waals surface area contributed by atoms with E-state index in [1.807, 2.05) is 20.2 Å². The Morgan fingerprint density at radius 2 is 1.93 bits per heavy atom. The van der Waals surface area contributed by atoms with Crippen LogP contribution in [0.15, 0.2) is 23.3 Å². The number of aromatic nitrogens is 1. The normalized spacial score (nSPS) is 16.5. The predicted molar refractivity (Wildman–Crippen MR) is 128 cm³/mol. The minimum absolute atomic E-state index is 0. The van der Waals surface area contributed by atoms with Crippen molar-refractivity contribution in [2.45, 2.75) is 46.1 Å². The Kier molecular flexibility index (Phi) is 12.7. The molecule has 1 aliphatic rings. The maximum absolute atomic E-state index is 5.54. The summed E-state index contributed by atoms with van der Waals surface area (Å²) in [6.07, 6.45) is 5.29. The molecular formula is C21H38IN5O. The van der Waals surface area contributed by atoms with E-state index < -0.39 is 0 Å². The molecule has 2 heterocycles. The monoisotopic (exact) mass is 503 g/mol. The van der Waals surface area contributed by atoms with Gasteiger partial charge in [-0.15, -0.1) is 24.0 Å². The Morgan fingerprint density at radius 3 is 2.50 bits per heavy atom. The first kappa shape index (κ1) is 25.1. The van der Waals surface area contributed by atoms with Crippen LogP contribution < -0.4 is 10.6 Å². The van der Waals surface area contributed by atoms with Crippen LogP contribution in [-0.4, -0.2) is 68.3 Å². The molecule has 0 aliphatic carbocycles. The van der Waals surface area contributed by atoms with Gasteiger partial charge in [-0.1, -0.05) is 32.8 Å². The van der Waals surface area contributed by atoms with Crippen molar-refractivity contribution in [3.63, 3.8) is 0 Å². The number of hydrogen-bond acceptors (Lipinski definition) is 4. The van der Waals surface area contributed by atoms with Gasteiger partial charge in [-0.2, -0.15) is 0 Å². The zero-order valence-electron chi connectivity index (χ0n) is 17.9. The Hall–Kier alpha value is -0.930. The quantitative estimate of drug-likeness (QED) is 0.309. The van der Waals surface area contributed by atoms with Crippen LogP contribution >= 0.6 is 24.0 Å². The highest BCUT2D eigenvalue weighted by atomic mass is 127. The Morgan fingerprint density at radius 1 is 1.21 bits per heavy atom. The molecule has 160 valence electrons. The van der Waals surface area contributed by atoms with Crippen LogP contribution in [0.1, 0.15) is 37.9 Å². The number of morpholine rings is 1. The fourth-order valence-electron chi connectivity index (χ4n) is 3.73. The number of halogens is 1. The lowest BCUT2D eigenvalue weighted by atomic mass is 9.92. The smallest absolute Gasteiger partial charge is 0.191 e. The van der Waals surface area contributed by atoms with E-state index in [0.717, 1.165) is 57.5 Å². The van der Waals surface area contributed by atoms with Crippen LogP contribution in [0.4, 0.5) is 0 Å². The summed E-state index contributed by atoms with van der Waals surface area (Å²) in [5, 5.41) is 6.99. The first-order chi connectivity index (χ1) is 13.2. The molecule has 2 N–H and O–H groups in total. The highest BCUT2D eigenvalue weighted by Crippen LogP contribution is 2.19.